The van der Waals surface area contributed by atoms with Gasteiger partial charge in [-0.15, -0.1) is 11.3 Å². The molecule has 1 unspecified atom stereocenters. The quantitative estimate of drug-likeness (QED) is 0.868. The van der Waals surface area contributed by atoms with E-state index in [1.165, 1.54) is 23.5 Å². The largest absolute Gasteiger partial charge is 0.416 e. The minimum atomic E-state index is -4.32. The van der Waals surface area contributed by atoms with E-state index in [0.29, 0.717) is 9.90 Å². The minimum absolute atomic E-state index is 0.454. The van der Waals surface area contributed by atoms with Gasteiger partial charge < -0.3 is 5.73 Å². The van der Waals surface area contributed by atoms with E-state index in [-0.39, 0.29) is 0 Å². The number of halogens is 4. The summed E-state index contributed by atoms with van der Waals surface area (Å²) in [7, 11) is 0. The molecule has 96 valence electrons. The molecule has 0 radical (unpaired) electrons. The monoisotopic (exact) mass is 291 g/mol. The predicted molar refractivity (Wildman–Crippen MR) is 66.8 cm³/mol. The molecule has 0 saturated carbocycles. The molecule has 0 amide bonds. The second-order valence-corrected chi connectivity index (χ2v) is 5.49. The van der Waals surface area contributed by atoms with Gasteiger partial charge in [-0.1, -0.05) is 23.7 Å². The molecule has 1 atom stereocenters. The Kier molecular flexibility index (Phi) is 3.66. The fourth-order valence-electron chi connectivity index (χ4n) is 1.54. The van der Waals surface area contributed by atoms with Gasteiger partial charge in [0.05, 0.1) is 15.9 Å². The highest BCUT2D eigenvalue weighted by Crippen LogP contribution is 2.32. The Bertz CT molecular complexity index is 533. The number of hydrogen-bond acceptors (Lipinski definition) is 2. The zero-order valence-electron chi connectivity index (χ0n) is 9.04. The van der Waals surface area contributed by atoms with Gasteiger partial charge in [-0.3, -0.25) is 0 Å². The van der Waals surface area contributed by atoms with Crippen LogP contribution < -0.4 is 5.73 Å². The summed E-state index contributed by atoms with van der Waals surface area (Å²) < 4.78 is 37.8. The van der Waals surface area contributed by atoms with Gasteiger partial charge in [0.25, 0.3) is 0 Å². The first kappa shape index (κ1) is 13.4. The number of hydrogen-bond donors (Lipinski definition) is 1. The number of benzene rings is 1. The number of alkyl halides is 3. The summed E-state index contributed by atoms with van der Waals surface area (Å²) in [5, 5.41) is 0. The Morgan fingerprint density at radius 2 is 1.67 bits per heavy atom. The van der Waals surface area contributed by atoms with Crippen molar-refractivity contribution >= 4 is 22.9 Å². The summed E-state index contributed by atoms with van der Waals surface area (Å²) in [5.41, 5.74) is 5.91. The molecule has 18 heavy (non-hydrogen) atoms. The van der Waals surface area contributed by atoms with E-state index in [0.717, 1.165) is 17.0 Å². The molecule has 6 heteroatoms. The highest BCUT2D eigenvalue weighted by molar-refractivity contribution is 7.16. The summed E-state index contributed by atoms with van der Waals surface area (Å²) in [5.74, 6) is 0. The number of thiophene rings is 1. The third-order valence-electron chi connectivity index (χ3n) is 2.50. The first-order chi connectivity index (χ1) is 8.38. The van der Waals surface area contributed by atoms with Crippen LogP contribution >= 0.6 is 22.9 Å². The molecule has 0 spiro atoms. The van der Waals surface area contributed by atoms with Crippen molar-refractivity contribution in [2.24, 2.45) is 5.73 Å². The third kappa shape index (κ3) is 2.85. The molecule has 1 nitrogen and oxygen atoms in total. The van der Waals surface area contributed by atoms with Crippen molar-refractivity contribution in [1.82, 2.24) is 0 Å². The van der Waals surface area contributed by atoms with Crippen molar-refractivity contribution in [1.29, 1.82) is 0 Å². The SMILES string of the molecule is NC(c1ccc(C(F)(F)F)cc1)c1ccc(Cl)s1. The lowest BCUT2D eigenvalue weighted by molar-refractivity contribution is -0.137. The van der Waals surface area contributed by atoms with Crippen LogP contribution in [0.25, 0.3) is 0 Å². The maximum Gasteiger partial charge on any atom is 0.416 e. The van der Waals surface area contributed by atoms with Gasteiger partial charge in [-0.05, 0) is 29.8 Å². The van der Waals surface area contributed by atoms with Gasteiger partial charge in [0.2, 0.25) is 0 Å². The lowest BCUT2D eigenvalue weighted by Crippen LogP contribution is -2.11. The molecule has 0 bridgehead atoms. The highest BCUT2D eigenvalue weighted by Gasteiger charge is 2.30. The van der Waals surface area contributed by atoms with Crippen molar-refractivity contribution < 1.29 is 13.2 Å². The molecule has 0 aliphatic carbocycles. The standard InChI is InChI=1S/C12H9ClF3NS/c13-10-6-5-9(18-10)11(17)7-1-3-8(4-2-7)12(14,15)16/h1-6,11H,17H2. The number of rotatable bonds is 2. The fourth-order valence-corrected chi connectivity index (χ4v) is 2.63. The molecule has 2 rings (SSSR count). The minimum Gasteiger partial charge on any atom is -0.320 e. The molecule has 2 aromatic rings. The Hall–Kier alpha value is -1.04. The molecule has 0 aliphatic heterocycles. The molecule has 0 fully saturated rings. The van der Waals surface area contributed by atoms with Gasteiger partial charge in [-0.25, -0.2) is 0 Å². The summed E-state index contributed by atoms with van der Waals surface area (Å²) in [6.07, 6.45) is -4.32. The van der Waals surface area contributed by atoms with Crippen molar-refractivity contribution in [3.05, 3.63) is 56.7 Å². The molecule has 1 aromatic carbocycles. The van der Waals surface area contributed by atoms with Crippen LogP contribution in [0.5, 0.6) is 0 Å². The van der Waals surface area contributed by atoms with E-state index >= 15 is 0 Å². The molecular weight excluding hydrogens is 283 g/mol. The zero-order valence-corrected chi connectivity index (χ0v) is 10.6. The van der Waals surface area contributed by atoms with Crippen LogP contribution in [-0.4, -0.2) is 0 Å². The normalized spacial score (nSPS) is 13.6. The fraction of sp³-hybridized carbons (Fsp3) is 0.167. The molecule has 2 N–H and O–H groups in total. The van der Waals surface area contributed by atoms with Crippen molar-refractivity contribution in [3.63, 3.8) is 0 Å². The van der Waals surface area contributed by atoms with Crippen LogP contribution in [0.4, 0.5) is 13.2 Å². The maximum absolute atomic E-state index is 12.4. The van der Waals surface area contributed by atoms with E-state index in [2.05, 4.69) is 0 Å². The van der Waals surface area contributed by atoms with Gasteiger partial charge in [0.15, 0.2) is 0 Å². The molecule has 0 saturated heterocycles. The van der Waals surface area contributed by atoms with E-state index < -0.39 is 17.8 Å². The number of nitrogens with two attached hydrogens (primary N) is 1. The van der Waals surface area contributed by atoms with Crippen LogP contribution in [0.2, 0.25) is 4.34 Å². The zero-order chi connectivity index (χ0) is 13.3. The maximum atomic E-state index is 12.4. The van der Waals surface area contributed by atoms with Crippen LogP contribution in [0.1, 0.15) is 22.0 Å². The van der Waals surface area contributed by atoms with Crippen LogP contribution in [0, 0.1) is 0 Å². The van der Waals surface area contributed by atoms with E-state index in [4.69, 9.17) is 17.3 Å². The smallest absolute Gasteiger partial charge is 0.320 e. The third-order valence-corrected chi connectivity index (χ3v) is 3.81. The molecule has 1 heterocycles. The van der Waals surface area contributed by atoms with Crippen LogP contribution in [0.3, 0.4) is 0 Å². The Morgan fingerprint density at radius 1 is 1.06 bits per heavy atom. The second-order valence-electron chi connectivity index (χ2n) is 3.74. The van der Waals surface area contributed by atoms with E-state index in [9.17, 15) is 13.2 Å². The molecule has 0 aliphatic rings. The summed E-state index contributed by atoms with van der Waals surface area (Å²) in [6.45, 7) is 0. The van der Waals surface area contributed by atoms with Crippen molar-refractivity contribution in [3.8, 4) is 0 Å². The average molecular weight is 292 g/mol. The Balaban J connectivity index is 2.24. The van der Waals surface area contributed by atoms with E-state index in [1.54, 1.807) is 12.1 Å². The Labute approximate surface area is 111 Å². The summed E-state index contributed by atoms with van der Waals surface area (Å²) in [4.78, 5) is 0.819. The first-order valence-corrected chi connectivity index (χ1v) is 6.25. The van der Waals surface area contributed by atoms with Gasteiger partial charge in [0, 0.05) is 4.88 Å². The molecule has 1 aromatic heterocycles. The highest BCUT2D eigenvalue weighted by atomic mass is 35.5. The van der Waals surface area contributed by atoms with Gasteiger partial charge >= 0.3 is 6.18 Å². The topological polar surface area (TPSA) is 26.0 Å². The molecular formula is C12H9ClF3NS. The second kappa shape index (κ2) is 4.91. The van der Waals surface area contributed by atoms with Crippen LogP contribution in [0.15, 0.2) is 36.4 Å². The van der Waals surface area contributed by atoms with Gasteiger partial charge in [-0.2, -0.15) is 13.2 Å². The average Bonchev–Trinajstić information content (AvgIpc) is 2.74. The first-order valence-electron chi connectivity index (χ1n) is 5.06. The summed E-state index contributed by atoms with van der Waals surface area (Å²) >= 11 is 7.11. The predicted octanol–water partition coefficient (Wildman–Crippen LogP) is 4.47. The lowest BCUT2D eigenvalue weighted by atomic mass is 10.0. The van der Waals surface area contributed by atoms with Crippen molar-refractivity contribution in [2.45, 2.75) is 12.2 Å². The van der Waals surface area contributed by atoms with Crippen LogP contribution in [-0.2, 0) is 6.18 Å². The lowest BCUT2D eigenvalue weighted by Gasteiger charge is -2.12. The van der Waals surface area contributed by atoms with E-state index in [1.807, 2.05) is 0 Å². The van der Waals surface area contributed by atoms with Gasteiger partial charge in [0.1, 0.15) is 0 Å². The van der Waals surface area contributed by atoms with Crippen molar-refractivity contribution in [2.75, 3.05) is 0 Å². The summed E-state index contributed by atoms with van der Waals surface area (Å²) in [6, 6.07) is 7.88. The Morgan fingerprint density at radius 3 is 2.11 bits per heavy atom.